The van der Waals surface area contributed by atoms with E-state index in [1.165, 1.54) is 0 Å². The molecule has 35 heavy (non-hydrogen) atoms. The van der Waals surface area contributed by atoms with Gasteiger partial charge in [-0.1, -0.05) is 78.9 Å². The minimum atomic E-state index is -0.761. The highest BCUT2D eigenvalue weighted by Crippen LogP contribution is 2.17. The summed E-state index contributed by atoms with van der Waals surface area (Å²) in [6, 6.07) is 25.9. The van der Waals surface area contributed by atoms with Gasteiger partial charge in [0, 0.05) is 37.1 Å². The Morgan fingerprint density at radius 1 is 0.857 bits per heavy atom. The molecule has 0 fully saturated rings. The zero-order valence-corrected chi connectivity index (χ0v) is 19.5. The SMILES string of the molecule is CN(Cc1ccccc1)C(=O)[C@@H](Cc1ccccc1)NC(=O)CNC(=O)c1c[nH]c2ccccc12. The maximum absolute atomic E-state index is 13.3. The van der Waals surface area contributed by atoms with Gasteiger partial charge in [0.25, 0.3) is 5.91 Å². The van der Waals surface area contributed by atoms with Crippen LogP contribution in [0.5, 0.6) is 0 Å². The minimum absolute atomic E-state index is 0.200. The molecule has 4 aromatic rings. The van der Waals surface area contributed by atoms with E-state index in [2.05, 4.69) is 15.6 Å². The summed E-state index contributed by atoms with van der Waals surface area (Å²) in [6.07, 6.45) is 1.97. The molecule has 1 heterocycles. The lowest BCUT2D eigenvalue weighted by Gasteiger charge is -2.25. The van der Waals surface area contributed by atoms with E-state index >= 15 is 0 Å². The van der Waals surface area contributed by atoms with Crippen molar-refractivity contribution in [3.63, 3.8) is 0 Å². The number of rotatable bonds is 9. The van der Waals surface area contributed by atoms with Crippen LogP contribution in [0.25, 0.3) is 10.9 Å². The van der Waals surface area contributed by atoms with Crippen LogP contribution in [-0.4, -0.2) is 47.2 Å². The van der Waals surface area contributed by atoms with Crippen LogP contribution in [0.15, 0.2) is 91.1 Å². The Morgan fingerprint density at radius 3 is 2.20 bits per heavy atom. The number of carbonyl (C=O) groups is 3. The van der Waals surface area contributed by atoms with Gasteiger partial charge in [-0.25, -0.2) is 0 Å². The molecule has 3 aromatic carbocycles. The molecular formula is C28H28N4O3. The van der Waals surface area contributed by atoms with Gasteiger partial charge in [-0.15, -0.1) is 0 Å². The number of nitrogens with zero attached hydrogens (tertiary/aromatic N) is 1. The molecule has 0 bridgehead atoms. The standard InChI is InChI=1S/C28H28N4O3/c1-32(19-21-12-6-3-7-13-21)28(35)25(16-20-10-4-2-5-11-20)31-26(33)18-30-27(34)23-17-29-24-15-9-8-14-22(23)24/h2-15,17,25,29H,16,18-19H2,1H3,(H,30,34)(H,31,33)/t25-/m1/s1. The Balaban J connectivity index is 1.41. The number of fused-ring (bicyclic) bond motifs is 1. The molecule has 0 aliphatic rings. The maximum Gasteiger partial charge on any atom is 0.253 e. The van der Waals surface area contributed by atoms with Crippen molar-refractivity contribution >= 4 is 28.6 Å². The molecular weight excluding hydrogens is 440 g/mol. The molecule has 0 unspecified atom stereocenters. The van der Waals surface area contributed by atoms with Gasteiger partial charge < -0.3 is 20.5 Å². The number of hydrogen-bond acceptors (Lipinski definition) is 3. The van der Waals surface area contributed by atoms with Crippen LogP contribution in [0.4, 0.5) is 0 Å². The van der Waals surface area contributed by atoms with Crippen molar-refractivity contribution in [1.82, 2.24) is 20.5 Å². The molecule has 0 radical (unpaired) electrons. The van der Waals surface area contributed by atoms with Crippen molar-refractivity contribution in [3.05, 3.63) is 108 Å². The van der Waals surface area contributed by atoms with Crippen LogP contribution in [0.2, 0.25) is 0 Å². The molecule has 1 atom stereocenters. The summed E-state index contributed by atoms with van der Waals surface area (Å²) in [5.41, 5.74) is 3.24. The number of likely N-dealkylation sites (N-methyl/N-ethyl adjacent to an activating group) is 1. The number of hydrogen-bond donors (Lipinski definition) is 3. The second kappa shape index (κ2) is 11.2. The third-order valence-corrected chi connectivity index (χ3v) is 5.80. The summed E-state index contributed by atoms with van der Waals surface area (Å²) < 4.78 is 0. The number of benzene rings is 3. The van der Waals surface area contributed by atoms with Crippen LogP contribution >= 0.6 is 0 Å². The van der Waals surface area contributed by atoms with E-state index in [-0.39, 0.29) is 18.4 Å². The van der Waals surface area contributed by atoms with E-state index in [1.807, 2.05) is 84.9 Å². The fourth-order valence-electron chi connectivity index (χ4n) is 4.01. The summed E-state index contributed by atoms with van der Waals surface area (Å²) in [5, 5.41) is 6.26. The lowest BCUT2D eigenvalue weighted by atomic mass is 10.0. The fraction of sp³-hybridized carbons (Fsp3) is 0.179. The third-order valence-electron chi connectivity index (χ3n) is 5.80. The molecule has 178 valence electrons. The van der Waals surface area contributed by atoms with Gasteiger partial charge in [0.2, 0.25) is 11.8 Å². The number of carbonyl (C=O) groups excluding carboxylic acids is 3. The molecule has 3 amide bonds. The van der Waals surface area contributed by atoms with Crippen molar-refractivity contribution in [1.29, 1.82) is 0 Å². The lowest BCUT2D eigenvalue weighted by Crippen LogP contribution is -2.50. The van der Waals surface area contributed by atoms with Crippen molar-refractivity contribution in [2.75, 3.05) is 13.6 Å². The Kier molecular flexibility index (Phi) is 7.57. The van der Waals surface area contributed by atoms with Crippen LogP contribution in [0, 0.1) is 0 Å². The Morgan fingerprint density at radius 2 is 1.49 bits per heavy atom. The molecule has 1 aromatic heterocycles. The first-order valence-electron chi connectivity index (χ1n) is 11.5. The van der Waals surface area contributed by atoms with Gasteiger partial charge in [-0.3, -0.25) is 14.4 Å². The summed E-state index contributed by atoms with van der Waals surface area (Å²) in [5.74, 6) is -0.987. The van der Waals surface area contributed by atoms with Gasteiger partial charge in [-0.05, 0) is 17.2 Å². The van der Waals surface area contributed by atoms with Gasteiger partial charge in [0.1, 0.15) is 6.04 Å². The quantitative estimate of drug-likeness (QED) is 0.352. The maximum atomic E-state index is 13.3. The predicted molar refractivity (Wildman–Crippen MR) is 136 cm³/mol. The first kappa shape index (κ1) is 23.8. The molecule has 0 aliphatic carbocycles. The van der Waals surface area contributed by atoms with E-state index in [9.17, 15) is 14.4 Å². The van der Waals surface area contributed by atoms with E-state index in [1.54, 1.807) is 18.1 Å². The highest BCUT2D eigenvalue weighted by molar-refractivity contribution is 6.07. The number of aromatic nitrogens is 1. The summed E-state index contributed by atoms with van der Waals surface area (Å²) in [7, 11) is 1.72. The largest absolute Gasteiger partial charge is 0.360 e. The lowest BCUT2D eigenvalue weighted by molar-refractivity contribution is -0.135. The predicted octanol–water partition coefficient (Wildman–Crippen LogP) is 3.28. The minimum Gasteiger partial charge on any atom is -0.360 e. The topological polar surface area (TPSA) is 94.3 Å². The first-order chi connectivity index (χ1) is 17.0. The highest BCUT2D eigenvalue weighted by Gasteiger charge is 2.25. The molecule has 0 aliphatic heterocycles. The summed E-state index contributed by atoms with van der Waals surface area (Å²) >= 11 is 0. The molecule has 7 nitrogen and oxygen atoms in total. The van der Waals surface area contributed by atoms with Crippen molar-refractivity contribution in [2.24, 2.45) is 0 Å². The third kappa shape index (κ3) is 6.14. The Labute approximate surface area is 204 Å². The van der Waals surface area contributed by atoms with E-state index in [4.69, 9.17) is 0 Å². The van der Waals surface area contributed by atoms with Crippen LogP contribution in [0.3, 0.4) is 0 Å². The molecule has 0 saturated carbocycles. The molecule has 0 spiro atoms. The number of aromatic amines is 1. The number of nitrogens with one attached hydrogen (secondary N) is 3. The summed E-state index contributed by atoms with van der Waals surface area (Å²) in [4.78, 5) is 43.4. The highest BCUT2D eigenvalue weighted by atomic mass is 16.2. The van der Waals surface area contributed by atoms with Gasteiger partial charge in [0.15, 0.2) is 0 Å². The first-order valence-corrected chi connectivity index (χ1v) is 11.5. The number of para-hydroxylation sites is 1. The van der Waals surface area contributed by atoms with Gasteiger partial charge in [-0.2, -0.15) is 0 Å². The molecule has 4 rings (SSSR count). The van der Waals surface area contributed by atoms with Crippen molar-refractivity contribution < 1.29 is 14.4 Å². The van der Waals surface area contributed by atoms with Crippen molar-refractivity contribution in [3.8, 4) is 0 Å². The average molecular weight is 469 g/mol. The van der Waals surface area contributed by atoms with Crippen LogP contribution in [0.1, 0.15) is 21.5 Å². The zero-order chi connectivity index (χ0) is 24.6. The van der Waals surface area contributed by atoms with Crippen LogP contribution in [-0.2, 0) is 22.6 Å². The second-order valence-electron chi connectivity index (χ2n) is 8.42. The monoisotopic (exact) mass is 468 g/mol. The average Bonchev–Trinajstić information content (AvgIpc) is 3.32. The zero-order valence-electron chi connectivity index (χ0n) is 19.5. The van der Waals surface area contributed by atoms with E-state index in [0.29, 0.717) is 18.5 Å². The molecule has 7 heteroatoms. The van der Waals surface area contributed by atoms with Gasteiger partial charge >= 0.3 is 0 Å². The van der Waals surface area contributed by atoms with E-state index in [0.717, 1.165) is 22.0 Å². The smallest absolute Gasteiger partial charge is 0.253 e. The second-order valence-corrected chi connectivity index (χ2v) is 8.42. The van der Waals surface area contributed by atoms with Gasteiger partial charge in [0.05, 0.1) is 12.1 Å². The van der Waals surface area contributed by atoms with E-state index < -0.39 is 11.9 Å². The normalized spacial score (nSPS) is 11.6. The Bertz CT molecular complexity index is 1300. The fourth-order valence-corrected chi connectivity index (χ4v) is 4.01. The summed E-state index contributed by atoms with van der Waals surface area (Å²) in [6.45, 7) is 0.192. The van der Waals surface area contributed by atoms with Crippen molar-refractivity contribution in [2.45, 2.75) is 19.0 Å². The molecule has 0 saturated heterocycles. The van der Waals surface area contributed by atoms with Crippen LogP contribution < -0.4 is 10.6 Å². The number of H-pyrrole nitrogens is 1. The number of amides is 3. The molecule has 3 N–H and O–H groups in total. The Hall–Kier alpha value is -4.39.